The second-order valence-corrected chi connectivity index (χ2v) is 8.47. The highest BCUT2D eigenvalue weighted by molar-refractivity contribution is 9.10. The normalized spacial score (nSPS) is 15.4. The van der Waals surface area contributed by atoms with Crippen molar-refractivity contribution in [3.8, 4) is 17.0 Å². The van der Waals surface area contributed by atoms with Gasteiger partial charge in [0.25, 0.3) is 11.8 Å². The molecule has 3 aromatic rings. The van der Waals surface area contributed by atoms with Gasteiger partial charge in [0, 0.05) is 20.5 Å². The van der Waals surface area contributed by atoms with Crippen molar-refractivity contribution >= 4 is 49.9 Å². The first-order valence-electron chi connectivity index (χ1n) is 8.57. The van der Waals surface area contributed by atoms with Crippen LogP contribution in [0.3, 0.4) is 0 Å². The molecule has 0 saturated carbocycles. The van der Waals surface area contributed by atoms with E-state index in [0.717, 1.165) is 20.6 Å². The number of aromatic nitrogens is 1. The van der Waals surface area contributed by atoms with Gasteiger partial charge in [-0.2, -0.15) is 0 Å². The summed E-state index contributed by atoms with van der Waals surface area (Å²) in [6.07, 6.45) is -0.515. The monoisotopic (exact) mass is 457 g/mol. The third-order valence-corrected chi connectivity index (χ3v) is 5.67. The van der Waals surface area contributed by atoms with Crippen LogP contribution in [0, 0.1) is 6.92 Å². The maximum absolute atomic E-state index is 12.5. The van der Waals surface area contributed by atoms with E-state index in [1.165, 1.54) is 11.3 Å². The number of anilines is 2. The van der Waals surface area contributed by atoms with Gasteiger partial charge < -0.3 is 10.1 Å². The SMILES string of the molecule is Cc1sc(NC(=O)c2cccc(Br)c2)nc1-c1ccc2c(c1)NC(=O)[C@H](C)O2. The number of aryl methyl sites for hydroxylation is 1. The maximum Gasteiger partial charge on any atom is 0.265 e. The largest absolute Gasteiger partial charge is 0.479 e. The number of amides is 2. The van der Waals surface area contributed by atoms with Crippen LogP contribution in [0.5, 0.6) is 5.75 Å². The minimum Gasteiger partial charge on any atom is -0.479 e. The maximum atomic E-state index is 12.5. The Morgan fingerprint density at radius 3 is 2.89 bits per heavy atom. The van der Waals surface area contributed by atoms with Gasteiger partial charge in [-0.1, -0.05) is 22.0 Å². The summed E-state index contributed by atoms with van der Waals surface area (Å²) in [6, 6.07) is 12.7. The van der Waals surface area contributed by atoms with E-state index in [0.29, 0.717) is 22.1 Å². The molecule has 2 heterocycles. The number of hydrogen-bond acceptors (Lipinski definition) is 5. The molecule has 28 heavy (non-hydrogen) atoms. The van der Waals surface area contributed by atoms with Crippen molar-refractivity contribution < 1.29 is 14.3 Å². The number of carbonyl (C=O) groups excluding carboxylic acids is 2. The van der Waals surface area contributed by atoms with Crippen molar-refractivity contribution in [2.24, 2.45) is 0 Å². The Morgan fingerprint density at radius 1 is 1.29 bits per heavy atom. The van der Waals surface area contributed by atoms with Crippen LogP contribution in [0.1, 0.15) is 22.2 Å². The lowest BCUT2D eigenvalue weighted by Crippen LogP contribution is -2.34. The fraction of sp³-hybridized carbons (Fsp3) is 0.150. The zero-order valence-corrected chi connectivity index (χ0v) is 17.5. The molecule has 6 nitrogen and oxygen atoms in total. The summed E-state index contributed by atoms with van der Waals surface area (Å²) in [5.74, 6) is 0.232. The van der Waals surface area contributed by atoms with Gasteiger partial charge in [-0.3, -0.25) is 14.9 Å². The van der Waals surface area contributed by atoms with Crippen LogP contribution in [-0.4, -0.2) is 22.9 Å². The number of nitrogens with zero attached hydrogens (tertiary/aromatic N) is 1. The summed E-state index contributed by atoms with van der Waals surface area (Å²) in [7, 11) is 0. The fourth-order valence-corrected chi connectivity index (χ4v) is 4.10. The Kier molecular flexibility index (Phi) is 4.91. The Morgan fingerprint density at radius 2 is 2.11 bits per heavy atom. The van der Waals surface area contributed by atoms with Crippen molar-refractivity contribution in [2.45, 2.75) is 20.0 Å². The van der Waals surface area contributed by atoms with Crippen LogP contribution >= 0.6 is 27.3 Å². The zero-order chi connectivity index (χ0) is 19.8. The Hall–Kier alpha value is -2.71. The molecule has 8 heteroatoms. The van der Waals surface area contributed by atoms with Gasteiger partial charge in [0.2, 0.25) is 0 Å². The van der Waals surface area contributed by atoms with Gasteiger partial charge in [0.05, 0.1) is 11.4 Å². The van der Waals surface area contributed by atoms with E-state index >= 15 is 0 Å². The average Bonchev–Trinajstić information content (AvgIpc) is 3.02. The molecule has 0 aliphatic carbocycles. The first-order valence-corrected chi connectivity index (χ1v) is 10.2. The number of carbonyl (C=O) groups is 2. The third-order valence-electron chi connectivity index (χ3n) is 4.29. The Balaban J connectivity index is 1.59. The molecule has 4 rings (SSSR count). The summed E-state index contributed by atoms with van der Waals surface area (Å²) >= 11 is 4.77. The smallest absolute Gasteiger partial charge is 0.265 e. The minimum absolute atomic E-state index is 0.179. The number of rotatable bonds is 3. The third kappa shape index (κ3) is 3.65. The molecule has 2 amide bonds. The minimum atomic E-state index is -0.515. The van der Waals surface area contributed by atoms with Crippen molar-refractivity contribution in [1.82, 2.24) is 4.98 Å². The van der Waals surface area contributed by atoms with Crippen molar-refractivity contribution in [3.63, 3.8) is 0 Å². The number of fused-ring (bicyclic) bond motifs is 1. The van der Waals surface area contributed by atoms with Crippen molar-refractivity contribution in [1.29, 1.82) is 0 Å². The van der Waals surface area contributed by atoms with E-state index in [9.17, 15) is 9.59 Å². The fourth-order valence-electron chi connectivity index (χ4n) is 2.87. The van der Waals surface area contributed by atoms with Crippen molar-refractivity contribution in [3.05, 3.63) is 57.4 Å². The number of ether oxygens (including phenoxy) is 1. The first-order chi connectivity index (χ1) is 13.4. The quantitative estimate of drug-likeness (QED) is 0.588. The van der Waals surface area contributed by atoms with Gasteiger partial charge >= 0.3 is 0 Å². The summed E-state index contributed by atoms with van der Waals surface area (Å²) in [5.41, 5.74) is 2.76. The van der Waals surface area contributed by atoms with E-state index in [4.69, 9.17) is 4.74 Å². The molecule has 2 N–H and O–H groups in total. The predicted molar refractivity (Wildman–Crippen MR) is 113 cm³/mol. The number of benzene rings is 2. The molecule has 0 saturated heterocycles. The zero-order valence-electron chi connectivity index (χ0n) is 15.1. The Bertz CT molecular complexity index is 1100. The topological polar surface area (TPSA) is 80.3 Å². The highest BCUT2D eigenvalue weighted by Gasteiger charge is 2.24. The van der Waals surface area contributed by atoms with E-state index < -0.39 is 6.10 Å². The lowest BCUT2D eigenvalue weighted by Gasteiger charge is -2.23. The molecule has 2 aromatic carbocycles. The van der Waals surface area contributed by atoms with Crippen LogP contribution < -0.4 is 15.4 Å². The molecular formula is C20H16BrN3O3S. The van der Waals surface area contributed by atoms with Gasteiger partial charge in [-0.25, -0.2) is 4.98 Å². The lowest BCUT2D eigenvalue weighted by molar-refractivity contribution is -0.122. The highest BCUT2D eigenvalue weighted by Crippen LogP contribution is 2.37. The number of hydrogen-bond donors (Lipinski definition) is 2. The second-order valence-electron chi connectivity index (χ2n) is 6.35. The van der Waals surface area contributed by atoms with E-state index in [-0.39, 0.29) is 11.8 Å². The molecule has 1 aliphatic heterocycles. The number of halogens is 1. The van der Waals surface area contributed by atoms with Crippen LogP contribution in [0.25, 0.3) is 11.3 Å². The molecule has 0 unspecified atom stereocenters. The van der Waals surface area contributed by atoms with Crippen LogP contribution in [0.2, 0.25) is 0 Å². The summed E-state index contributed by atoms with van der Waals surface area (Å²) in [6.45, 7) is 3.65. The van der Waals surface area contributed by atoms with Crippen LogP contribution in [0.4, 0.5) is 10.8 Å². The van der Waals surface area contributed by atoms with Crippen LogP contribution in [0.15, 0.2) is 46.9 Å². The molecule has 142 valence electrons. The van der Waals surface area contributed by atoms with Crippen LogP contribution in [-0.2, 0) is 4.79 Å². The summed E-state index contributed by atoms with van der Waals surface area (Å²) in [4.78, 5) is 29.8. The molecule has 0 radical (unpaired) electrons. The number of nitrogens with one attached hydrogen (secondary N) is 2. The highest BCUT2D eigenvalue weighted by atomic mass is 79.9. The summed E-state index contributed by atoms with van der Waals surface area (Å²) < 4.78 is 6.43. The number of thiazole rings is 1. The van der Waals surface area contributed by atoms with E-state index in [2.05, 4.69) is 31.5 Å². The molecule has 0 spiro atoms. The molecular weight excluding hydrogens is 442 g/mol. The van der Waals surface area contributed by atoms with E-state index in [1.807, 2.05) is 37.3 Å². The molecule has 1 aromatic heterocycles. The van der Waals surface area contributed by atoms with Gasteiger partial charge in [0.15, 0.2) is 11.2 Å². The first kappa shape index (κ1) is 18.6. The Labute approximate surface area is 174 Å². The second kappa shape index (κ2) is 7.37. The predicted octanol–water partition coefficient (Wildman–Crippen LogP) is 4.85. The molecule has 0 bridgehead atoms. The molecule has 1 aliphatic rings. The average molecular weight is 458 g/mol. The van der Waals surface area contributed by atoms with E-state index in [1.54, 1.807) is 19.1 Å². The van der Waals surface area contributed by atoms with Gasteiger partial charge in [0.1, 0.15) is 5.75 Å². The van der Waals surface area contributed by atoms with Gasteiger partial charge in [-0.15, -0.1) is 11.3 Å². The standard InChI is InChI=1S/C20H16BrN3O3S/c1-10-18(25)22-15-9-12(6-7-16(15)27-10)17-11(2)28-20(23-17)24-19(26)13-4-3-5-14(21)8-13/h3-10H,1-2H3,(H,22,25)(H,23,24,26)/t10-/m0/s1. The lowest BCUT2D eigenvalue weighted by atomic mass is 10.1. The molecule has 1 atom stereocenters. The summed E-state index contributed by atoms with van der Waals surface area (Å²) in [5, 5.41) is 6.21. The van der Waals surface area contributed by atoms with Crippen molar-refractivity contribution in [2.75, 3.05) is 10.6 Å². The molecule has 0 fully saturated rings. The van der Waals surface area contributed by atoms with Gasteiger partial charge in [-0.05, 0) is 50.2 Å².